The van der Waals surface area contributed by atoms with E-state index in [0.717, 1.165) is 27.2 Å². The van der Waals surface area contributed by atoms with Gasteiger partial charge in [-0.15, -0.1) is 11.3 Å². The number of anilines is 1. The molecule has 0 saturated carbocycles. The van der Waals surface area contributed by atoms with Crippen molar-refractivity contribution in [1.29, 1.82) is 0 Å². The van der Waals surface area contributed by atoms with Gasteiger partial charge in [0.1, 0.15) is 10.5 Å². The van der Waals surface area contributed by atoms with E-state index in [1.54, 1.807) is 11.3 Å². The Balaban J connectivity index is 2.24. The highest BCUT2D eigenvalue weighted by Crippen LogP contribution is 2.27. The lowest BCUT2D eigenvalue weighted by atomic mass is 10.2. The van der Waals surface area contributed by atoms with Crippen molar-refractivity contribution in [2.45, 2.75) is 13.8 Å². The predicted molar refractivity (Wildman–Crippen MR) is 77.9 cm³/mol. The first kappa shape index (κ1) is 12.0. The summed E-state index contributed by atoms with van der Waals surface area (Å²) in [5, 5.41) is 2.90. The minimum absolute atomic E-state index is 0.592. The molecular formula is C13H13N5S. The van der Waals surface area contributed by atoms with Crippen LogP contribution in [0, 0.1) is 13.8 Å². The summed E-state index contributed by atoms with van der Waals surface area (Å²) in [6.07, 6.45) is 0. The van der Waals surface area contributed by atoms with Crippen molar-refractivity contribution in [3.05, 3.63) is 34.8 Å². The maximum Gasteiger partial charge on any atom is 0.181 e. The molecule has 0 fully saturated rings. The molecule has 3 heterocycles. The Bertz CT molecular complexity index is 730. The first-order valence-electron chi connectivity index (χ1n) is 5.85. The first-order chi connectivity index (χ1) is 9.17. The van der Waals surface area contributed by atoms with Crippen molar-refractivity contribution >= 4 is 27.4 Å². The highest BCUT2D eigenvalue weighted by Gasteiger charge is 2.11. The number of hydrogen-bond acceptors (Lipinski definition) is 6. The molecule has 0 saturated heterocycles. The Morgan fingerprint density at radius 2 is 2.00 bits per heavy atom. The van der Waals surface area contributed by atoms with Crippen LogP contribution in [0.1, 0.15) is 11.3 Å². The van der Waals surface area contributed by atoms with Gasteiger partial charge in [-0.1, -0.05) is 0 Å². The summed E-state index contributed by atoms with van der Waals surface area (Å²) < 4.78 is 0. The number of nitrogens with two attached hydrogens (primary N) is 1. The molecule has 0 amide bonds. The second-order valence-corrected chi connectivity index (χ2v) is 5.25. The number of nitrogen functional groups attached to an aromatic ring is 1. The van der Waals surface area contributed by atoms with E-state index in [-0.39, 0.29) is 0 Å². The lowest BCUT2D eigenvalue weighted by molar-refractivity contribution is 1.12. The molecule has 0 unspecified atom stereocenters. The molecular weight excluding hydrogens is 258 g/mol. The molecule has 0 bridgehead atoms. The number of rotatable bonds is 2. The Hall–Kier alpha value is -2.05. The number of aromatic nitrogens is 3. The molecule has 5 nitrogen and oxygen atoms in total. The van der Waals surface area contributed by atoms with Crippen molar-refractivity contribution < 1.29 is 0 Å². The average Bonchev–Trinajstić information content (AvgIpc) is 2.84. The molecule has 0 spiro atoms. The quantitative estimate of drug-likeness (QED) is 0.553. The van der Waals surface area contributed by atoms with Crippen LogP contribution in [0.3, 0.4) is 0 Å². The van der Waals surface area contributed by atoms with Crippen LogP contribution in [0.25, 0.3) is 21.7 Å². The molecule has 3 aromatic rings. The van der Waals surface area contributed by atoms with Crippen LogP contribution in [0.15, 0.2) is 23.6 Å². The largest absolute Gasteiger partial charge is 0.308 e. The second kappa shape index (κ2) is 4.56. The molecule has 0 aliphatic carbocycles. The highest BCUT2D eigenvalue weighted by molar-refractivity contribution is 7.16. The summed E-state index contributed by atoms with van der Waals surface area (Å²) in [6, 6.07) is 5.95. The average molecular weight is 271 g/mol. The zero-order valence-corrected chi connectivity index (χ0v) is 11.5. The lowest BCUT2D eigenvalue weighted by Crippen LogP contribution is -2.10. The molecule has 3 N–H and O–H groups in total. The van der Waals surface area contributed by atoms with Gasteiger partial charge in [0.2, 0.25) is 0 Å². The van der Waals surface area contributed by atoms with Gasteiger partial charge in [0.25, 0.3) is 0 Å². The van der Waals surface area contributed by atoms with Gasteiger partial charge >= 0.3 is 0 Å². The van der Waals surface area contributed by atoms with Gasteiger partial charge in [-0.2, -0.15) is 0 Å². The normalized spacial score (nSPS) is 10.9. The lowest BCUT2D eigenvalue weighted by Gasteiger charge is -2.06. The summed E-state index contributed by atoms with van der Waals surface area (Å²) in [6.45, 7) is 3.99. The van der Waals surface area contributed by atoms with Crippen LogP contribution < -0.4 is 11.3 Å². The Morgan fingerprint density at radius 3 is 2.74 bits per heavy atom. The van der Waals surface area contributed by atoms with Crippen molar-refractivity contribution in [3.63, 3.8) is 0 Å². The van der Waals surface area contributed by atoms with E-state index >= 15 is 0 Å². The van der Waals surface area contributed by atoms with Gasteiger partial charge in [0, 0.05) is 5.69 Å². The highest BCUT2D eigenvalue weighted by atomic mass is 32.1. The Labute approximate surface area is 114 Å². The molecule has 0 aliphatic heterocycles. The molecule has 0 aromatic carbocycles. The zero-order valence-electron chi connectivity index (χ0n) is 10.6. The molecule has 3 rings (SSSR count). The molecule has 19 heavy (non-hydrogen) atoms. The van der Waals surface area contributed by atoms with Gasteiger partial charge in [-0.25, -0.2) is 20.8 Å². The van der Waals surface area contributed by atoms with Crippen molar-refractivity contribution in [2.24, 2.45) is 5.84 Å². The van der Waals surface area contributed by atoms with Gasteiger partial charge in [0.05, 0.1) is 5.39 Å². The second-order valence-electron chi connectivity index (χ2n) is 4.35. The number of hydrazine groups is 1. The van der Waals surface area contributed by atoms with Crippen molar-refractivity contribution in [1.82, 2.24) is 15.0 Å². The molecule has 0 aliphatic rings. The van der Waals surface area contributed by atoms with E-state index in [2.05, 4.69) is 20.4 Å². The summed E-state index contributed by atoms with van der Waals surface area (Å²) >= 11 is 1.56. The zero-order chi connectivity index (χ0) is 13.4. The van der Waals surface area contributed by atoms with Gasteiger partial charge in [0.15, 0.2) is 11.6 Å². The van der Waals surface area contributed by atoms with E-state index in [9.17, 15) is 0 Å². The van der Waals surface area contributed by atoms with Gasteiger partial charge < -0.3 is 5.43 Å². The molecule has 0 radical (unpaired) electrons. The van der Waals surface area contributed by atoms with Gasteiger partial charge in [-0.3, -0.25) is 0 Å². The Morgan fingerprint density at radius 1 is 1.16 bits per heavy atom. The fourth-order valence-electron chi connectivity index (χ4n) is 2.04. The van der Waals surface area contributed by atoms with E-state index < -0.39 is 0 Å². The molecule has 6 heteroatoms. The maximum atomic E-state index is 5.53. The van der Waals surface area contributed by atoms with Crippen LogP contribution in [-0.4, -0.2) is 15.0 Å². The third-order valence-electron chi connectivity index (χ3n) is 2.79. The fraction of sp³-hybridized carbons (Fsp3) is 0.154. The smallest absolute Gasteiger partial charge is 0.181 e. The van der Waals surface area contributed by atoms with Crippen LogP contribution in [0.4, 0.5) is 5.82 Å². The number of nitrogens with one attached hydrogen (secondary N) is 1. The summed E-state index contributed by atoms with van der Waals surface area (Å²) in [4.78, 5) is 14.4. The monoisotopic (exact) mass is 271 g/mol. The van der Waals surface area contributed by atoms with Gasteiger partial charge in [-0.05, 0) is 43.0 Å². The van der Waals surface area contributed by atoms with Crippen molar-refractivity contribution in [3.8, 4) is 11.5 Å². The summed E-state index contributed by atoms with van der Waals surface area (Å²) in [7, 11) is 0. The maximum absolute atomic E-state index is 5.53. The minimum atomic E-state index is 0.592. The van der Waals surface area contributed by atoms with Crippen LogP contribution in [0.2, 0.25) is 0 Å². The summed E-state index contributed by atoms with van der Waals surface area (Å²) in [5.74, 6) is 6.75. The standard InChI is InChI=1S/C13H13N5S/c1-7-5-8(2)15-10(6-7)12-16-11(18-14)9-3-4-19-13(9)17-12/h3-6H,14H2,1-2H3,(H,16,17,18). The fourth-order valence-corrected chi connectivity index (χ4v) is 2.80. The van der Waals surface area contributed by atoms with E-state index in [4.69, 9.17) is 5.84 Å². The number of hydrogen-bond donors (Lipinski definition) is 2. The topological polar surface area (TPSA) is 76.7 Å². The molecule has 0 atom stereocenters. The third kappa shape index (κ3) is 2.16. The third-order valence-corrected chi connectivity index (χ3v) is 3.60. The van der Waals surface area contributed by atoms with Crippen LogP contribution in [0.5, 0.6) is 0 Å². The SMILES string of the molecule is Cc1cc(C)nc(-c2nc(NN)c3ccsc3n2)c1. The molecule has 3 aromatic heterocycles. The predicted octanol–water partition coefficient (Wildman–Crippen LogP) is 2.66. The number of pyridine rings is 1. The van der Waals surface area contributed by atoms with E-state index in [1.165, 1.54) is 0 Å². The van der Waals surface area contributed by atoms with E-state index in [1.807, 2.05) is 37.4 Å². The number of fused-ring (bicyclic) bond motifs is 1. The van der Waals surface area contributed by atoms with Crippen LogP contribution >= 0.6 is 11.3 Å². The number of thiophene rings is 1. The minimum Gasteiger partial charge on any atom is -0.308 e. The number of aryl methyl sites for hydroxylation is 2. The Kier molecular flexibility index (Phi) is 2.88. The first-order valence-corrected chi connectivity index (χ1v) is 6.73. The summed E-state index contributed by atoms with van der Waals surface area (Å²) in [5.41, 5.74) is 5.48. The van der Waals surface area contributed by atoms with Crippen LogP contribution in [-0.2, 0) is 0 Å². The number of nitrogens with zero attached hydrogens (tertiary/aromatic N) is 3. The van der Waals surface area contributed by atoms with Crippen molar-refractivity contribution in [2.75, 3.05) is 5.43 Å². The van der Waals surface area contributed by atoms with E-state index in [0.29, 0.717) is 11.6 Å². The molecule has 96 valence electrons.